The van der Waals surface area contributed by atoms with Crippen LogP contribution in [0.5, 0.6) is 0 Å². The standard InChI is InChI=1S/C17H23N2O4/c1-11(19-16(22)23-17(2,3)4)14(20)13(15(21)18-5)12-9-7-6-8-10-12/h6-11,13H,5H2,1-4H3,(H,18,21)(H,19,22)/t11-,13?/m0/s1. The number of rotatable bonds is 5. The van der Waals surface area contributed by atoms with E-state index >= 15 is 0 Å². The first-order chi connectivity index (χ1) is 10.7. The molecular formula is C17H23N2O4. The fourth-order valence-electron chi connectivity index (χ4n) is 2.00. The van der Waals surface area contributed by atoms with Gasteiger partial charge in [-0.3, -0.25) is 9.59 Å². The van der Waals surface area contributed by atoms with E-state index in [0.717, 1.165) is 0 Å². The molecule has 0 saturated heterocycles. The number of carbonyl (C=O) groups is 3. The maximum atomic E-state index is 12.6. The molecule has 23 heavy (non-hydrogen) atoms. The Hall–Kier alpha value is -2.37. The van der Waals surface area contributed by atoms with E-state index < -0.39 is 35.3 Å². The summed E-state index contributed by atoms with van der Waals surface area (Å²) < 4.78 is 5.12. The lowest BCUT2D eigenvalue weighted by Crippen LogP contribution is -2.45. The average Bonchev–Trinajstić information content (AvgIpc) is 2.46. The summed E-state index contributed by atoms with van der Waals surface area (Å²) in [5.74, 6) is -2.01. The van der Waals surface area contributed by atoms with Crippen molar-refractivity contribution in [2.45, 2.75) is 45.3 Å². The van der Waals surface area contributed by atoms with Gasteiger partial charge in [0.05, 0.1) is 6.04 Å². The lowest BCUT2D eigenvalue weighted by atomic mass is 9.90. The molecular weight excluding hydrogens is 296 g/mol. The summed E-state index contributed by atoms with van der Waals surface area (Å²) in [6.45, 7) is 6.69. The third-order valence-corrected chi connectivity index (χ3v) is 3.01. The molecule has 1 aromatic rings. The Labute approximate surface area is 136 Å². The van der Waals surface area contributed by atoms with Gasteiger partial charge >= 0.3 is 6.09 Å². The van der Waals surface area contributed by atoms with Gasteiger partial charge in [0.25, 0.3) is 0 Å². The Morgan fingerprint density at radius 2 is 1.70 bits per heavy atom. The molecule has 0 aromatic heterocycles. The van der Waals surface area contributed by atoms with Gasteiger partial charge in [0.15, 0.2) is 5.78 Å². The van der Waals surface area contributed by atoms with E-state index in [1.807, 2.05) is 0 Å². The van der Waals surface area contributed by atoms with E-state index in [4.69, 9.17) is 4.74 Å². The second-order valence-corrected chi connectivity index (χ2v) is 6.16. The number of ether oxygens (including phenoxy) is 1. The van der Waals surface area contributed by atoms with E-state index in [2.05, 4.69) is 17.7 Å². The van der Waals surface area contributed by atoms with Crippen molar-refractivity contribution in [2.75, 3.05) is 0 Å². The summed E-state index contributed by atoms with van der Waals surface area (Å²) in [5, 5.41) is 4.69. The number of ketones is 1. The molecule has 2 atom stereocenters. The second-order valence-electron chi connectivity index (χ2n) is 6.16. The molecule has 1 rings (SSSR count). The van der Waals surface area contributed by atoms with E-state index in [0.29, 0.717) is 5.56 Å². The van der Waals surface area contributed by atoms with Crippen molar-refractivity contribution in [2.24, 2.45) is 0 Å². The predicted molar refractivity (Wildman–Crippen MR) is 86.5 cm³/mol. The third-order valence-electron chi connectivity index (χ3n) is 3.01. The molecule has 0 saturated carbocycles. The highest BCUT2D eigenvalue weighted by molar-refractivity contribution is 6.09. The topological polar surface area (TPSA) is 84.5 Å². The molecule has 0 bridgehead atoms. The zero-order chi connectivity index (χ0) is 17.6. The van der Waals surface area contributed by atoms with Gasteiger partial charge in [0.2, 0.25) is 5.91 Å². The minimum Gasteiger partial charge on any atom is -0.444 e. The monoisotopic (exact) mass is 319 g/mol. The number of hydrogen-bond donors (Lipinski definition) is 2. The molecule has 0 spiro atoms. The van der Waals surface area contributed by atoms with E-state index in [-0.39, 0.29) is 0 Å². The first kappa shape index (κ1) is 18.7. The van der Waals surface area contributed by atoms with Crippen LogP contribution in [-0.2, 0) is 14.3 Å². The summed E-state index contributed by atoms with van der Waals surface area (Å²) in [7, 11) is 3.32. The van der Waals surface area contributed by atoms with Crippen LogP contribution in [0.3, 0.4) is 0 Å². The minimum atomic E-state index is -1.04. The number of amides is 2. The molecule has 0 aliphatic carbocycles. The van der Waals surface area contributed by atoms with Gasteiger partial charge < -0.3 is 15.4 Å². The minimum absolute atomic E-state index is 0.441. The van der Waals surface area contributed by atoms with Crippen LogP contribution in [-0.4, -0.2) is 29.4 Å². The van der Waals surface area contributed by atoms with E-state index in [1.165, 1.54) is 6.92 Å². The fraction of sp³-hybridized carbons (Fsp3) is 0.412. The van der Waals surface area contributed by atoms with Crippen molar-refractivity contribution in [3.63, 3.8) is 0 Å². The summed E-state index contributed by atoms with van der Waals surface area (Å²) in [4.78, 5) is 36.4. The lowest BCUT2D eigenvalue weighted by molar-refractivity contribution is -0.131. The Balaban J connectivity index is 2.89. The molecule has 1 unspecified atom stereocenters. The lowest BCUT2D eigenvalue weighted by Gasteiger charge is -2.23. The molecule has 0 aliphatic heterocycles. The average molecular weight is 319 g/mol. The molecule has 125 valence electrons. The number of carbonyl (C=O) groups excluding carboxylic acids is 3. The number of nitrogens with one attached hydrogen (secondary N) is 2. The summed E-state index contributed by atoms with van der Waals surface area (Å²) >= 11 is 0. The zero-order valence-corrected chi connectivity index (χ0v) is 13.9. The Morgan fingerprint density at radius 1 is 1.13 bits per heavy atom. The van der Waals surface area contributed by atoms with Crippen molar-refractivity contribution < 1.29 is 19.1 Å². The summed E-state index contributed by atoms with van der Waals surface area (Å²) in [6, 6.07) is 7.73. The number of Topliss-reactive ketones (excluding diaryl/α,β-unsaturated/α-hetero) is 1. The second kappa shape index (κ2) is 7.76. The van der Waals surface area contributed by atoms with Crippen molar-refractivity contribution in [1.29, 1.82) is 0 Å². The van der Waals surface area contributed by atoms with Crippen LogP contribution in [0.4, 0.5) is 4.79 Å². The number of alkyl carbamates (subject to hydrolysis) is 1. The molecule has 0 aliphatic rings. The van der Waals surface area contributed by atoms with Gasteiger partial charge in [-0.15, -0.1) is 0 Å². The van der Waals surface area contributed by atoms with Crippen LogP contribution in [0.1, 0.15) is 39.2 Å². The van der Waals surface area contributed by atoms with Crippen LogP contribution < -0.4 is 10.6 Å². The van der Waals surface area contributed by atoms with Crippen LogP contribution >= 0.6 is 0 Å². The predicted octanol–water partition coefficient (Wildman–Crippen LogP) is 2.16. The largest absolute Gasteiger partial charge is 0.444 e. The highest BCUT2D eigenvalue weighted by atomic mass is 16.6. The van der Waals surface area contributed by atoms with Crippen LogP contribution in [0.15, 0.2) is 30.3 Å². The quantitative estimate of drug-likeness (QED) is 0.815. The molecule has 1 aromatic carbocycles. The highest BCUT2D eigenvalue weighted by Gasteiger charge is 2.32. The van der Waals surface area contributed by atoms with Gasteiger partial charge in [-0.1, -0.05) is 30.3 Å². The van der Waals surface area contributed by atoms with Crippen LogP contribution in [0.25, 0.3) is 0 Å². The fourth-order valence-corrected chi connectivity index (χ4v) is 2.00. The van der Waals surface area contributed by atoms with Crippen molar-refractivity contribution >= 4 is 17.8 Å². The van der Waals surface area contributed by atoms with Crippen LogP contribution in [0, 0.1) is 7.05 Å². The number of hydrogen-bond acceptors (Lipinski definition) is 4. The first-order valence-electron chi connectivity index (χ1n) is 7.31. The summed E-state index contributed by atoms with van der Waals surface area (Å²) in [6.07, 6.45) is -0.708. The maximum Gasteiger partial charge on any atom is 0.408 e. The van der Waals surface area contributed by atoms with Crippen molar-refractivity contribution in [1.82, 2.24) is 10.6 Å². The molecule has 2 N–H and O–H groups in total. The van der Waals surface area contributed by atoms with Crippen molar-refractivity contribution in [3.05, 3.63) is 42.9 Å². The molecule has 1 radical (unpaired) electrons. The molecule has 2 amide bonds. The van der Waals surface area contributed by atoms with E-state index in [9.17, 15) is 14.4 Å². The SMILES string of the molecule is [CH2]NC(=O)C(C(=O)[C@H](C)NC(=O)OC(C)(C)C)c1ccccc1. The highest BCUT2D eigenvalue weighted by Crippen LogP contribution is 2.19. The van der Waals surface area contributed by atoms with E-state index in [1.54, 1.807) is 51.1 Å². The van der Waals surface area contributed by atoms with Gasteiger partial charge in [-0.25, -0.2) is 4.79 Å². The summed E-state index contributed by atoms with van der Waals surface area (Å²) in [5.41, 5.74) is -0.132. The smallest absolute Gasteiger partial charge is 0.408 e. The molecule has 6 nitrogen and oxygen atoms in total. The Morgan fingerprint density at radius 3 is 2.17 bits per heavy atom. The normalized spacial score (nSPS) is 13.6. The van der Waals surface area contributed by atoms with Gasteiger partial charge in [-0.05, 0) is 33.3 Å². The number of benzene rings is 1. The van der Waals surface area contributed by atoms with Crippen LogP contribution in [0.2, 0.25) is 0 Å². The maximum absolute atomic E-state index is 12.6. The Kier molecular flexibility index (Phi) is 6.30. The molecule has 0 fully saturated rings. The molecule has 6 heteroatoms. The third kappa shape index (κ3) is 5.73. The van der Waals surface area contributed by atoms with Gasteiger partial charge in [0, 0.05) is 7.05 Å². The Bertz CT molecular complexity index is 564. The van der Waals surface area contributed by atoms with Gasteiger partial charge in [0.1, 0.15) is 11.5 Å². The van der Waals surface area contributed by atoms with Gasteiger partial charge in [-0.2, -0.15) is 0 Å². The van der Waals surface area contributed by atoms with Crippen molar-refractivity contribution in [3.8, 4) is 0 Å². The zero-order valence-electron chi connectivity index (χ0n) is 13.9. The molecule has 0 heterocycles. The first-order valence-corrected chi connectivity index (χ1v) is 7.31.